The summed E-state index contributed by atoms with van der Waals surface area (Å²) < 4.78 is 1.62. The minimum absolute atomic E-state index is 0.108. The van der Waals surface area contributed by atoms with Crippen LogP contribution in [0.25, 0.3) is 5.70 Å². The maximum atomic E-state index is 13.0. The molecule has 0 aliphatic carbocycles. The minimum atomic E-state index is -0.292. The number of thiol groups is 1. The summed E-state index contributed by atoms with van der Waals surface area (Å²) >= 11 is 4.42. The molecule has 0 radical (unpaired) electrons. The Labute approximate surface area is 151 Å². The number of pyridine rings is 1. The summed E-state index contributed by atoms with van der Waals surface area (Å²) in [5.74, 6) is -0.550. The number of benzene rings is 2. The second-order valence-electron chi connectivity index (χ2n) is 5.37. The van der Waals surface area contributed by atoms with Crippen LogP contribution in [0.2, 0.25) is 0 Å². The van der Waals surface area contributed by atoms with Gasteiger partial charge in [-0.3, -0.25) is 9.59 Å². The zero-order valence-corrected chi connectivity index (χ0v) is 14.3. The molecule has 0 saturated carbocycles. The van der Waals surface area contributed by atoms with Crippen molar-refractivity contribution in [3.05, 3.63) is 107 Å². The summed E-state index contributed by atoms with van der Waals surface area (Å²) in [6.07, 6.45) is 3.45. The second kappa shape index (κ2) is 7.73. The van der Waals surface area contributed by atoms with E-state index in [1.54, 1.807) is 77.6 Å². The van der Waals surface area contributed by atoms with E-state index in [0.717, 1.165) is 0 Å². The fourth-order valence-corrected chi connectivity index (χ4v) is 2.80. The molecule has 2 aromatic carbocycles. The average Bonchev–Trinajstić information content (AvgIpc) is 2.69. The smallest absolute Gasteiger partial charge is 0.276 e. The summed E-state index contributed by atoms with van der Waals surface area (Å²) in [5.41, 5.74) is 1.22. The van der Waals surface area contributed by atoms with Gasteiger partial charge in [-0.15, -0.1) is 12.6 Å². The molecule has 0 bridgehead atoms. The first-order valence-electron chi connectivity index (χ1n) is 7.78. The normalized spacial score (nSPS) is 11.6. The van der Waals surface area contributed by atoms with E-state index in [4.69, 9.17) is 0 Å². The zero-order chi connectivity index (χ0) is 17.6. The Morgan fingerprint density at radius 3 is 1.60 bits per heavy atom. The molecule has 3 rings (SSSR count). The van der Waals surface area contributed by atoms with Crippen molar-refractivity contribution in [2.45, 2.75) is 0 Å². The van der Waals surface area contributed by atoms with E-state index in [1.165, 1.54) is 0 Å². The van der Waals surface area contributed by atoms with Crippen LogP contribution in [0.15, 0.2) is 96.2 Å². The number of carbonyl (C=O) groups is 2. The van der Waals surface area contributed by atoms with E-state index in [9.17, 15) is 9.59 Å². The van der Waals surface area contributed by atoms with E-state index in [1.807, 2.05) is 18.2 Å². The van der Waals surface area contributed by atoms with Crippen LogP contribution in [0.4, 0.5) is 0 Å². The zero-order valence-electron chi connectivity index (χ0n) is 13.4. The molecular weight excluding hydrogens is 330 g/mol. The molecule has 0 aliphatic rings. The van der Waals surface area contributed by atoms with Crippen molar-refractivity contribution in [3.63, 3.8) is 0 Å². The van der Waals surface area contributed by atoms with Crippen molar-refractivity contribution in [2.75, 3.05) is 0 Å². The van der Waals surface area contributed by atoms with Gasteiger partial charge in [-0.2, -0.15) is 4.57 Å². The van der Waals surface area contributed by atoms with Crippen LogP contribution in [0.1, 0.15) is 20.7 Å². The molecule has 3 aromatic rings. The molecule has 0 saturated heterocycles. The monoisotopic (exact) mass is 346 g/mol. The van der Waals surface area contributed by atoms with Crippen LogP contribution < -0.4 is 4.57 Å². The summed E-state index contributed by atoms with van der Waals surface area (Å²) in [6, 6.07) is 23.1. The van der Waals surface area contributed by atoms with Gasteiger partial charge in [0.2, 0.25) is 5.78 Å². The third-order valence-corrected chi connectivity index (χ3v) is 4.12. The summed E-state index contributed by atoms with van der Waals surface area (Å²) in [5, 5.41) is 0. The SMILES string of the molecule is O=C(C(S)=C(C(=O)c1ccccc1)[n+]1ccccc1)c1ccccc1. The number of allylic oxidation sites excluding steroid dienone is 2. The lowest BCUT2D eigenvalue weighted by molar-refractivity contribution is -0.576. The second-order valence-corrected chi connectivity index (χ2v) is 5.82. The number of carbonyl (C=O) groups excluding carboxylic acids is 2. The molecule has 1 heterocycles. The third-order valence-electron chi connectivity index (χ3n) is 3.70. The Kier molecular flexibility index (Phi) is 5.21. The van der Waals surface area contributed by atoms with Gasteiger partial charge in [0.05, 0.1) is 0 Å². The molecule has 0 aliphatic heterocycles. The fourth-order valence-electron chi connectivity index (χ4n) is 2.45. The number of ketones is 2. The van der Waals surface area contributed by atoms with Gasteiger partial charge < -0.3 is 0 Å². The largest absolute Gasteiger partial charge is 0.288 e. The Morgan fingerprint density at radius 1 is 0.640 bits per heavy atom. The van der Waals surface area contributed by atoms with Crippen LogP contribution >= 0.6 is 12.6 Å². The number of hydrogen-bond acceptors (Lipinski definition) is 3. The lowest BCUT2D eigenvalue weighted by Crippen LogP contribution is -2.37. The Bertz CT molecular complexity index is 920. The molecule has 0 unspecified atom stereocenters. The first-order valence-corrected chi connectivity index (χ1v) is 8.22. The number of rotatable bonds is 5. The van der Waals surface area contributed by atoms with Gasteiger partial charge in [0.15, 0.2) is 12.4 Å². The van der Waals surface area contributed by atoms with E-state index < -0.39 is 0 Å². The lowest BCUT2D eigenvalue weighted by atomic mass is 10.0. The highest BCUT2D eigenvalue weighted by Crippen LogP contribution is 2.20. The highest BCUT2D eigenvalue weighted by atomic mass is 32.1. The molecule has 0 amide bonds. The summed E-state index contributed by atoms with van der Waals surface area (Å²) in [4.78, 5) is 25.9. The van der Waals surface area contributed by atoms with E-state index in [-0.39, 0.29) is 22.2 Å². The molecule has 0 spiro atoms. The van der Waals surface area contributed by atoms with Crippen LogP contribution in [-0.2, 0) is 0 Å². The molecule has 1 aromatic heterocycles. The molecule has 3 nitrogen and oxygen atoms in total. The lowest BCUT2D eigenvalue weighted by Gasteiger charge is -2.06. The van der Waals surface area contributed by atoms with Crippen molar-refractivity contribution >= 4 is 29.9 Å². The number of aromatic nitrogens is 1. The van der Waals surface area contributed by atoms with Crippen molar-refractivity contribution in [1.29, 1.82) is 0 Å². The maximum absolute atomic E-state index is 13.0. The number of hydrogen-bond donors (Lipinski definition) is 1. The van der Waals surface area contributed by atoms with E-state index in [0.29, 0.717) is 11.1 Å². The Morgan fingerprint density at radius 2 is 1.08 bits per heavy atom. The average molecular weight is 346 g/mol. The van der Waals surface area contributed by atoms with Crippen LogP contribution in [0.3, 0.4) is 0 Å². The van der Waals surface area contributed by atoms with Crippen LogP contribution in [0, 0.1) is 0 Å². The summed E-state index contributed by atoms with van der Waals surface area (Å²) in [7, 11) is 0. The molecular formula is C21H16NO2S+. The number of nitrogens with zero attached hydrogens (tertiary/aromatic N) is 1. The maximum Gasteiger partial charge on any atom is 0.276 e. The molecule has 0 N–H and O–H groups in total. The van der Waals surface area contributed by atoms with Crippen LogP contribution in [0.5, 0.6) is 0 Å². The first kappa shape index (κ1) is 16.9. The van der Waals surface area contributed by atoms with Gasteiger partial charge in [0.1, 0.15) is 4.91 Å². The standard InChI is InChI=1S/C21H15NO2S/c23-19(16-10-4-1-5-11-16)18(22-14-8-3-9-15-22)21(25)20(24)17-12-6-2-7-13-17/h1-15H/p+1. The quantitative estimate of drug-likeness (QED) is 0.330. The van der Waals surface area contributed by atoms with Crippen molar-refractivity contribution in [1.82, 2.24) is 0 Å². The molecule has 0 fully saturated rings. The minimum Gasteiger partial charge on any atom is -0.288 e. The molecule has 0 atom stereocenters. The highest BCUT2D eigenvalue weighted by Gasteiger charge is 2.28. The Balaban J connectivity index is 2.14. The number of Topliss-reactive ketones (excluding diaryl/α,β-unsaturated/α-hetero) is 2. The van der Waals surface area contributed by atoms with Gasteiger partial charge in [-0.05, 0) is 0 Å². The topological polar surface area (TPSA) is 38.0 Å². The predicted molar refractivity (Wildman–Crippen MR) is 100 cm³/mol. The predicted octanol–water partition coefficient (Wildman–Crippen LogP) is 3.84. The van der Waals surface area contributed by atoms with Gasteiger partial charge in [-0.1, -0.05) is 66.7 Å². The summed E-state index contributed by atoms with van der Waals surface area (Å²) in [6.45, 7) is 0. The first-order chi connectivity index (χ1) is 12.2. The van der Waals surface area contributed by atoms with Crippen molar-refractivity contribution in [2.24, 2.45) is 0 Å². The fraction of sp³-hybridized carbons (Fsp3) is 0. The van der Waals surface area contributed by atoms with E-state index >= 15 is 0 Å². The van der Waals surface area contributed by atoms with Crippen LogP contribution in [-0.4, -0.2) is 11.6 Å². The highest BCUT2D eigenvalue weighted by molar-refractivity contribution is 7.86. The molecule has 25 heavy (non-hydrogen) atoms. The van der Waals surface area contributed by atoms with Gasteiger partial charge >= 0.3 is 0 Å². The van der Waals surface area contributed by atoms with Gasteiger partial charge in [-0.25, -0.2) is 0 Å². The van der Waals surface area contributed by atoms with Gasteiger partial charge in [0.25, 0.3) is 11.5 Å². The molecule has 4 heteroatoms. The van der Waals surface area contributed by atoms with Crippen molar-refractivity contribution in [3.8, 4) is 0 Å². The third kappa shape index (κ3) is 3.75. The van der Waals surface area contributed by atoms with Gasteiger partial charge in [0, 0.05) is 23.3 Å². The van der Waals surface area contributed by atoms with Crippen molar-refractivity contribution < 1.29 is 14.2 Å². The molecule has 122 valence electrons. The van der Waals surface area contributed by atoms with E-state index in [2.05, 4.69) is 12.6 Å². The Hall–Kier alpha value is -2.98.